The molecule has 1 heterocycles. The van der Waals surface area contributed by atoms with Crippen molar-refractivity contribution in [2.24, 2.45) is 0 Å². The predicted octanol–water partition coefficient (Wildman–Crippen LogP) is 3.96. The van der Waals surface area contributed by atoms with Gasteiger partial charge in [-0.1, -0.05) is 29.3 Å². The molecule has 2 aromatic carbocycles. The van der Waals surface area contributed by atoms with Gasteiger partial charge in [0.05, 0.1) is 29.6 Å². The summed E-state index contributed by atoms with van der Waals surface area (Å²) in [4.78, 5) is 14.4. The Labute approximate surface area is 167 Å². The molecule has 0 aromatic heterocycles. The zero-order valence-corrected chi connectivity index (χ0v) is 16.1. The van der Waals surface area contributed by atoms with Gasteiger partial charge in [0.1, 0.15) is 0 Å². The fourth-order valence-electron chi connectivity index (χ4n) is 2.65. The Balaban J connectivity index is 1.72. The molecule has 1 aliphatic heterocycles. The number of nitrogens with zero attached hydrogens (tertiary/aromatic N) is 1. The lowest BCUT2D eigenvalue weighted by molar-refractivity contribution is 0.0977. The third kappa shape index (κ3) is 4.65. The molecule has 1 aliphatic rings. The van der Waals surface area contributed by atoms with Gasteiger partial charge in [0.25, 0.3) is 5.91 Å². The van der Waals surface area contributed by atoms with Crippen LogP contribution in [0, 0.1) is 0 Å². The van der Waals surface area contributed by atoms with Crippen molar-refractivity contribution in [2.75, 3.05) is 36.5 Å². The molecule has 3 rings (SSSR count). The van der Waals surface area contributed by atoms with Crippen LogP contribution < -0.4 is 15.5 Å². The van der Waals surface area contributed by atoms with Crippen LogP contribution in [0.2, 0.25) is 10.0 Å². The molecule has 2 aromatic rings. The van der Waals surface area contributed by atoms with Crippen molar-refractivity contribution < 1.29 is 9.53 Å². The third-order valence-electron chi connectivity index (χ3n) is 3.90. The number of nitrogens with one attached hydrogen (secondary N) is 2. The van der Waals surface area contributed by atoms with E-state index in [9.17, 15) is 4.79 Å². The first-order valence-corrected chi connectivity index (χ1v) is 9.20. The van der Waals surface area contributed by atoms with Crippen LogP contribution in [0.3, 0.4) is 0 Å². The number of rotatable bonds is 3. The maximum absolute atomic E-state index is 12.3. The first kappa shape index (κ1) is 18.9. The summed E-state index contributed by atoms with van der Waals surface area (Å²) in [5.74, 6) is -0.311. The van der Waals surface area contributed by atoms with E-state index in [2.05, 4.69) is 15.5 Å². The zero-order chi connectivity index (χ0) is 18.5. The average Bonchev–Trinajstić information content (AvgIpc) is 2.63. The SMILES string of the molecule is O=C(NC(=S)Nc1cccc(Cl)c1N1CCOCC1)c1ccc(Cl)cc1. The average molecular weight is 410 g/mol. The van der Waals surface area contributed by atoms with Crippen molar-refractivity contribution >= 4 is 57.8 Å². The van der Waals surface area contributed by atoms with Crippen LogP contribution in [0.1, 0.15) is 10.4 Å². The maximum Gasteiger partial charge on any atom is 0.257 e. The standard InChI is InChI=1S/C18H17Cl2N3O2S/c19-13-6-4-12(5-7-13)17(24)22-18(26)21-15-3-1-2-14(20)16(15)23-8-10-25-11-9-23/h1-7H,8-11H2,(H2,21,22,24,26). The lowest BCUT2D eigenvalue weighted by Gasteiger charge is -2.31. The Hall–Kier alpha value is -1.86. The quantitative estimate of drug-likeness (QED) is 0.751. The second kappa shape index (κ2) is 8.68. The molecular weight excluding hydrogens is 393 g/mol. The predicted molar refractivity (Wildman–Crippen MR) is 110 cm³/mol. The van der Waals surface area contributed by atoms with Crippen LogP contribution in [-0.4, -0.2) is 37.3 Å². The number of amides is 1. The molecule has 5 nitrogen and oxygen atoms in total. The van der Waals surface area contributed by atoms with Crippen molar-refractivity contribution in [3.8, 4) is 0 Å². The molecule has 0 spiro atoms. The highest BCUT2D eigenvalue weighted by Crippen LogP contribution is 2.34. The fourth-order valence-corrected chi connectivity index (χ4v) is 3.28. The van der Waals surface area contributed by atoms with Gasteiger partial charge in [-0.3, -0.25) is 10.1 Å². The summed E-state index contributed by atoms with van der Waals surface area (Å²) in [6.45, 7) is 2.76. The van der Waals surface area contributed by atoms with E-state index in [4.69, 9.17) is 40.2 Å². The van der Waals surface area contributed by atoms with E-state index in [1.54, 1.807) is 24.3 Å². The third-order valence-corrected chi connectivity index (χ3v) is 4.66. The van der Waals surface area contributed by atoms with Crippen LogP contribution in [0.4, 0.5) is 11.4 Å². The number of anilines is 2. The molecule has 2 N–H and O–H groups in total. The summed E-state index contributed by atoms with van der Waals surface area (Å²) in [5, 5.41) is 7.11. The number of hydrogen-bond donors (Lipinski definition) is 2. The van der Waals surface area contributed by atoms with Crippen molar-refractivity contribution in [3.05, 3.63) is 58.1 Å². The molecule has 0 bridgehead atoms. The van der Waals surface area contributed by atoms with E-state index >= 15 is 0 Å². The van der Waals surface area contributed by atoms with Crippen LogP contribution >= 0.6 is 35.4 Å². The summed E-state index contributed by atoms with van der Waals surface area (Å²) < 4.78 is 5.39. The molecule has 26 heavy (non-hydrogen) atoms. The highest BCUT2D eigenvalue weighted by Gasteiger charge is 2.19. The zero-order valence-electron chi connectivity index (χ0n) is 13.8. The van der Waals surface area contributed by atoms with Crippen molar-refractivity contribution in [1.82, 2.24) is 5.32 Å². The molecule has 0 saturated carbocycles. The molecule has 0 radical (unpaired) electrons. The number of ether oxygens (including phenoxy) is 1. The van der Waals surface area contributed by atoms with E-state index in [0.717, 1.165) is 24.5 Å². The smallest absolute Gasteiger partial charge is 0.257 e. The topological polar surface area (TPSA) is 53.6 Å². The van der Waals surface area contributed by atoms with Gasteiger partial charge in [0, 0.05) is 23.7 Å². The van der Waals surface area contributed by atoms with Gasteiger partial charge in [0.15, 0.2) is 5.11 Å². The molecule has 0 aliphatic carbocycles. The maximum atomic E-state index is 12.3. The minimum Gasteiger partial charge on any atom is -0.378 e. The lowest BCUT2D eigenvalue weighted by Crippen LogP contribution is -2.38. The largest absolute Gasteiger partial charge is 0.378 e. The molecule has 1 saturated heterocycles. The van der Waals surface area contributed by atoms with Crippen LogP contribution in [0.25, 0.3) is 0 Å². The molecule has 8 heteroatoms. The monoisotopic (exact) mass is 409 g/mol. The number of morpholine rings is 1. The van der Waals surface area contributed by atoms with Gasteiger partial charge in [-0.2, -0.15) is 0 Å². The molecular formula is C18H17Cl2N3O2S. The number of halogens is 2. The molecule has 136 valence electrons. The summed E-state index contributed by atoms with van der Waals surface area (Å²) in [6, 6.07) is 12.1. The number of carbonyl (C=O) groups is 1. The number of hydrogen-bond acceptors (Lipinski definition) is 4. The van der Waals surface area contributed by atoms with Gasteiger partial charge >= 0.3 is 0 Å². The van der Waals surface area contributed by atoms with Gasteiger partial charge in [0.2, 0.25) is 0 Å². The first-order chi connectivity index (χ1) is 12.5. The lowest BCUT2D eigenvalue weighted by atomic mass is 10.2. The van der Waals surface area contributed by atoms with E-state index in [0.29, 0.717) is 28.8 Å². The molecule has 1 fully saturated rings. The molecule has 0 unspecified atom stereocenters. The van der Waals surface area contributed by atoms with E-state index in [1.807, 2.05) is 18.2 Å². The highest BCUT2D eigenvalue weighted by atomic mass is 35.5. The summed E-state index contributed by atoms with van der Waals surface area (Å²) >= 11 is 17.5. The fraction of sp³-hybridized carbons (Fsp3) is 0.222. The Bertz CT molecular complexity index is 809. The van der Waals surface area contributed by atoms with Crippen LogP contribution in [0.15, 0.2) is 42.5 Å². The molecule has 1 amide bonds. The number of para-hydroxylation sites is 1. The van der Waals surface area contributed by atoms with Gasteiger partial charge in [-0.05, 0) is 48.6 Å². The van der Waals surface area contributed by atoms with Gasteiger partial charge < -0.3 is 15.0 Å². The number of thiocarbonyl (C=S) groups is 1. The summed E-state index contributed by atoms with van der Waals surface area (Å²) in [5.41, 5.74) is 2.06. The van der Waals surface area contributed by atoms with E-state index in [-0.39, 0.29) is 11.0 Å². The van der Waals surface area contributed by atoms with Crippen molar-refractivity contribution in [1.29, 1.82) is 0 Å². The highest BCUT2D eigenvalue weighted by molar-refractivity contribution is 7.80. The van der Waals surface area contributed by atoms with Crippen molar-refractivity contribution in [2.45, 2.75) is 0 Å². The van der Waals surface area contributed by atoms with Crippen molar-refractivity contribution in [3.63, 3.8) is 0 Å². The number of benzene rings is 2. The Morgan fingerprint density at radius 1 is 1.08 bits per heavy atom. The Morgan fingerprint density at radius 2 is 1.77 bits per heavy atom. The number of carbonyl (C=O) groups excluding carboxylic acids is 1. The Kier molecular flexibility index (Phi) is 6.32. The van der Waals surface area contributed by atoms with Crippen LogP contribution in [-0.2, 0) is 4.74 Å². The van der Waals surface area contributed by atoms with E-state index in [1.165, 1.54) is 0 Å². The Morgan fingerprint density at radius 3 is 2.46 bits per heavy atom. The van der Waals surface area contributed by atoms with Crippen LogP contribution in [0.5, 0.6) is 0 Å². The first-order valence-electron chi connectivity index (χ1n) is 8.04. The second-order valence-corrected chi connectivity index (χ2v) is 6.90. The van der Waals surface area contributed by atoms with E-state index < -0.39 is 0 Å². The summed E-state index contributed by atoms with van der Waals surface area (Å²) in [7, 11) is 0. The normalized spacial score (nSPS) is 14.0. The second-order valence-electron chi connectivity index (χ2n) is 5.65. The summed E-state index contributed by atoms with van der Waals surface area (Å²) in [6.07, 6.45) is 0. The minimum absolute atomic E-state index is 0.196. The van der Waals surface area contributed by atoms with Gasteiger partial charge in [-0.25, -0.2) is 0 Å². The molecule has 0 atom stereocenters. The minimum atomic E-state index is -0.311. The van der Waals surface area contributed by atoms with Gasteiger partial charge in [-0.15, -0.1) is 0 Å².